The van der Waals surface area contributed by atoms with Crippen molar-refractivity contribution in [3.8, 4) is 0 Å². The van der Waals surface area contributed by atoms with E-state index in [0.29, 0.717) is 17.7 Å². The lowest BCUT2D eigenvalue weighted by Crippen LogP contribution is -2.28. The number of aliphatic carboxylic acids is 1. The molecule has 0 saturated carbocycles. The Labute approximate surface area is 118 Å². The van der Waals surface area contributed by atoms with Crippen molar-refractivity contribution in [1.82, 2.24) is 4.72 Å². The molecular weight excluding hydrogens is 282 g/mol. The first kappa shape index (κ1) is 16.6. The lowest BCUT2D eigenvalue weighted by atomic mass is 10.1. The van der Waals surface area contributed by atoms with Crippen LogP contribution in [0.25, 0.3) is 0 Å². The van der Waals surface area contributed by atoms with E-state index in [0.717, 1.165) is 0 Å². The molecular formula is C13H19NO5S. The minimum Gasteiger partial charge on any atom is -0.481 e. The van der Waals surface area contributed by atoms with Crippen molar-refractivity contribution in [2.45, 2.75) is 19.9 Å². The zero-order valence-electron chi connectivity index (χ0n) is 11.3. The summed E-state index contributed by atoms with van der Waals surface area (Å²) < 4.78 is 30.9. The van der Waals surface area contributed by atoms with Gasteiger partial charge in [-0.25, -0.2) is 13.1 Å². The number of nitrogens with one attached hydrogen (secondary N) is 1. The number of hydrogen-bond acceptors (Lipinski definition) is 4. The van der Waals surface area contributed by atoms with E-state index in [-0.39, 0.29) is 25.3 Å². The van der Waals surface area contributed by atoms with Gasteiger partial charge in [0.2, 0.25) is 10.0 Å². The first-order valence-electron chi connectivity index (χ1n) is 6.28. The third-order valence-electron chi connectivity index (χ3n) is 2.64. The Kier molecular flexibility index (Phi) is 6.63. The summed E-state index contributed by atoms with van der Waals surface area (Å²) in [5.74, 6) is -1.06. The highest BCUT2D eigenvalue weighted by Gasteiger charge is 2.12. The van der Waals surface area contributed by atoms with Crippen molar-refractivity contribution in [2.24, 2.45) is 0 Å². The van der Waals surface area contributed by atoms with E-state index < -0.39 is 16.0 Å². The number of ether oxygens (including phenoxy) is 1. The van der Waals surface area contributed by atoms with Crippen LogP contribution in [0.4, 0.5) is 0 Å². The zero-order chi connectivity index (χ0) is 15.0. The molecule has 0 amide bonds. The van der Waals surface area contributed by atoms with Gasteiger partial charge in [-0.3, -0.25) is 4.79 Å². The predicted molar refractivity (Wildman–Crippen MR) is 74.9 cm³/mol. The molecule has 6 nitrogen and oxygen atoms in total. The van der Waals surface area contributed by atoms with E-state index >= 15 is 0 Å². The molecule has 2 N–H and O–H groups in total. The number of hydrogen-bond donors (Lipinski definition) is 2. The van der Waals surface area contributed by atoms with Gasteiger partial charge in [0.15, 0.2) is 0 Å². The smallest absolute Gasteiger partial charge is 0.307 e. The molecule has 0 bridgehead atoms. The van der Waals surface area contributed by atoms with Gasteiger partial charge >= 0.3 is 5.97 Å². The Balaban J connectivity index is 2.63. The molecule has 1 rings (SSSR count). The Morgan fingerprint density at radius 2 is 1.95 bits per heavy atom. The topological polar surface area (TPSA) is 92.7 Å². The molecule has 7 heteroatoms. The van der Waals surface area contributed by atoms with Gasteiger partial charge in [-0.2, -0.15) is 0 Å². The largest absolute Gasteiger partial charge is 0.481 e. The van der Waals surface area contributed by atoms with Crippen LogP contribution in [-0.4, -0.2) is 38.5 Å². The van der Waals surface area contributed by atoms with Crippen molar-refractivity contribution in [3.05, 3.63) is 35.4 Å². The summed E-state index contributed by atoms with van der Waals surface area (Å²) in [4.78, 5) is 10.7. The van der Waals surface area contributed by atoms with E-state index in [9.17, 15) is 13.2 Å². The molecule has 1 aromatic carbocycles. The monoisotopic (exact) mass is 301 g/mol. The predicted octanol–water partition coefficient (Wildman–Crippen LogP) is 0.770. The van der Waals surface area contributed by atoms with Gasteiger partial charge in [0.25, 0.3) is 0 Å². The summed E-state index contributed by atoms with van der Waals surface area (Å²) >= 11 is 0. The van der Waals surface area contributed by atoms with Crippen LogP contribution in [0.1, 0.15) is 18.1 Å². The van der Waals surface area contributed by atoms with Gasteiger partial charge in [-0.15, -0.1) is 0 Å². The number of sulfonamides is 1. The van der Waals surface area contributed by atoms with E-state index in [2.05, 4.69) is 4.72 Å². The lowest BCUT2D eigenvalue weighted by molar-refractivity contribution is -0.136. The maximum absolute atomic E-state index is 11.7. The minimum absolute atomic E-state index is 0.0813. The molecule has 0 unspecified atom stereocenters. The molecule has 1 aromatic rings. The second-order valence-electron chi connectivity index (χ2n) is 4.18. The van der Waals surface area contributed by atoms with E-state index in [1.165, 1.54) is 0 Å². The summed E-state index contributed by atoms with van der Waals surface area (Å²) in [5, 5.41) is 8.81. The van der Waals surface area contributed by atoms with E-state index in [1.54, 1.807) is 31.2 Å². The summed E-state index contributed by atoms with van der Waals surface area (Å²) in [5.41, 5.74) is 1.27. The third kappa shape index (κ3) is 6.14. The SMILES string of the molecule is CCOCCS(=O)(=O)NCc1ccccc1CC(=O)O. The molecule has 0 atom stereocenters. The summed E-state index contributed by atoms with van der Waals surface area (Å²) in [6, 6.07) is 6.86. The second-order valence-corrected chi connectivity index (χ2v) is 6.10. The molecule has 112 valence electrons. The molecule has 0 aliphatic carbocycles. The maximum atomic E-state index is 11.7. The molecule has 0 aliphatic rings. The molecule has 0 aliphatic heterocycles. The van der Waals surface area contributed by atoms with Crippen molar-refractivity contribution in [3.63, 3.8) is 0 Å². The Hall–Kier alpha value is -1.44. The van der Waals surface area contributed by atoms with Gasteiger partial charge in [0.1, 0.15) is 0 Å². The first-order valence-corrected chi connectivity index (χ1v) is 7.93. The normalized spacial score (nSPS) is 11.4. The first-order chi connectivity index (χ1) is 9.44. The average Bonchev–Trinajstić information content (AvgIpc) is 2.37. The number of rotatable bonds is 9. The molecule has 20 heavy (non-hydrogen) atoms. The number of carboxylic acids is 1. The van der Waals surface area contributed by atoms with Crippen LogP contribution >= 0.6 is 0 Å². The Morgan fingerprint density at radius 3 is 2.55 bits per heavy atom. The Bertz CT molecular complexity index is 541. The summed E-state index contributed by atoms with van der Waals surface area (Å²) in [7, 11) is -3.42. The molecule has 0 heterocycles. The quantitative estimate of drug-likeness (QED) is 0.657. The van der Waals surface area contributed by atoms with Crippen LogP contribution in [0.3, 0.4) is 0 Å². The number of benzene rings is 1. The lowest BCUT2D eigenvalue weighted by Gasteiger charge is -2.10. The number of carbonyl (C=O) groups is 1. The summed E-state index contributed by atoms with van der Waals surface area (Å²) in [6.07, 6.45) is -0.128. The van der Waals surface area contributed by atoms with Gasteiger partial charge in [-0.05, 0) is 18.1 Å². The van der Waals surface area contributed by atoms with Crippen LogP contribution in [-0.2, 0) is 32.5 Å². The fourth-order valence-electron chi connectivity index (χ4n) is 1.64. The fourth-order valence-corrected chi connectivity index (χ4v) is 2.50. The van der Waals surface area contributed by atoms with Gasteiger partial charge in [0, 0.05) is 13.2 Å². The molecule has 0 fully saturated rings. The molecule has 0 saturated heterocycles. The van der Waals surface area contributed by atoms with Gasteiger partial charge in [0.05, 0.1) is 18.8 Å². The molecule has 0 spiro atoms. The standard InChI is InChI=1S/C13H19NO5S/c1-2-19-7-8-20(17,18)14-10-12-6-4-3-5-11(12)9-13(15)16/h3-6,14H,2,7-10H2,1H3,(H,15,16). The van der Waals surface area contributed by atoms with Crippen molar-refractivity contribution < 1.29 is 23.1 Å². The third-order valence-corrected chi connectivity index (χ3v) is 3.93. The fraction of sp³-hybridized carbons (Fsp3) is 0.462. The minimum atomic E-state index is -3.42. The van der Waals surface area contributed by atoms with Crippen molar-refractivity contribution in [2.75, 3.05) is 19.0 Å². The highest BCUT2D eigenvalue weighted by molar-refractivity contribution is 7.89. The van der Waals surface area contributed by atoms with Crippen LogP contribution in [0.5, 0.6) is 0 Å². The van der Waals surface area contributed by atoms with E-state index in [4.69, 9.17) is 9.84 Å². The maximum Gasteiger partial charge on any atom is 0.307 e. The van der Waals surface area contributed by atoms with Crippen molar-refractivity contribution in [1.29, 1.82) is 0 Å². The molecule has 0 aromatic heterocycles. The highest BCUT2D eigenvalue weighted by Crippen LogP contribution is 2.10. The van der Waals surface area contributed by atoms with Crippen LogP contribution < -0.4 is 4.72 Å². The zero-order valence-corrected chi connectivity index (χ0v) is 12.1. The van der Waals surface area contributed by atoms with Crippen LogP contribution in [0, 0.1) is 0 Å². The molecule has 0 radical (unpaired) electrons. The average molecular weight is 301 g/mol. The van der Waals surface area contributed by atoms with Crippen molar-refractivity contribution >= 4 is 16.0 Å². The highest BCUT2D eigenvalue weighted by atomic mass is 32.2. The van der Waals surface area contributed by atoms with Gasteiger partial charge < -0.3 is 9.84 Å². The Morgan fingerprint density at radius 1 is 1.30 bits per heavy atom. The van der Waals surface area contributed by atoms with Crippen LogP contribution in [0.2, 0.25) is 0 Å². The summed E-state index contributed by atoms with van der Waals surface area (Å²) in [6.45, 7) is 2.49. The van der Waals surface area contributed by atoms with E-state index in [1.807, 2.05) is 0 Å². The van der Waals surface area contributed by atoms with Crippen LogP contribution in [0.15, 0.2) is 24.3 Å². The number of carboxylic acid groups (broad SMARTS) is 1. The second kappa shape index (κ2) is 7.98. The van der Waals surface area contributed by atoms with Gasteiger partial charge in [-0.1, -0.05) is 24.3 Å².